The average Bonchev–Trinajstić information content (AvgIpc) is 3.16. The van der Waals surface area contributed by atoms with E-state index in [9.17, 15) is 9.59 Å². The summed E-state index contributed by atoms with van der Waals surface area (Å²) in [4.78, 5) is 33.1. The highest BCUT2D eigenvalue weighted by molar-refractivity contribution is 7.10. The summed E-state index contributed by atoms with van der Waals surface area (Å²) in [5, 5.41) is 11.0. The number of thiophene rings is 1. The van der Waals surface area contributed by atoms with Crippen molar-refractivity contribution >= 4 is 29.0 Å². The number of hydrogen-bond acceptors (Lipinski definition) is 5. The summed E-state index contributed by atoms with van der Waals surface area (Å²) in [6.07, 6.45) is 2.00. The number of hydrogen-bond donors (Lipinski definition) is 1. The second-order valence-electron chi connectivity index (χ2n) is 6.07. The molecule has 7 heteroatoms. The van der Waals surface area contributed by atoms with Crippen molar-refractivity contribution in [2.24, 2.45) is 0 Å². The Kier molecular flexibility index (Phi) is 5.65. The van der Waals surface area contributed by atoms with Crippen molar-refractivity contribution in [2.45, 2.75) is 18.8 Å². The van der Waals surface area contributed by atoms with Crippen molar-refractivity contribution in [1.82, 2.24) is 9.88 Å². The maximum atomic E-state index is 12.6. The van der Waals surface area contributed by atoms with Crippen molar-refractivity contribution in [3.05, 3.63) is 46.8 Å². The van der Waals surface area contributed by atoms with E-state index in [4.69, 9.17) is 5.11 Å². The molecular formula is C18H21N3O3S. The molecule has 0 saturated carbocycles. The van der Waals surface area contributed by atoms with E-state index >= 15 is 0 Å². The highest BCUT2D eigenvalue weighted by Gasteiger charge is 2.26. The summed E-state index contributed by atoms with van der Waals surface area (Å²) in [6, 6.07) is 9.61. The summed E-state index contributed by atoms with van der Waals surface area (Å²) < 4.78 is 0. The molecular weight excluding hydrogens is 338 g/mol. The van der Waals surface area contributed by atoms with E-state index in [1.807, 2.05) is 40.6 Å². The van der Waals surface area contributed by atoms with Crippen LogP contribution in [-0.2, 0) is 9.59 Å². The van der Waals surface area contributed by atoms with Crippen LogP contribution in [-0.4, -0.2) is 53.0 Å². The average molecular weight is 359 g/mol. The monoisotopic (exact) mass is 359 g/mol. The van der Waals surface area contributed by atoms with E-state index in [1.54, 1.807) is 6.20 Å². The number of carbonyl (C=O) groups is 2. The Balaban J connectivity index is 1.57. The number of rotatable bonds is 6. The van der Waals surface area contributed by atoms with Crippen molar-refractivity contribution < 1.29 is 14.7 Å². The molecule has 3 rings (SSSR count). The zero-order valence-electron chi connectivity index (χ0n) is 13.9. The fraction of sp³-hybridized carbons (Fsp3) is 0.389. The minimum Gasteiger partial charge on any atom is -0.481 e. The van der Waals surface area contributed by atoms with Gasteiger partial charge in [-0.05, 0) is 23.6 Å². The second kappa shape index (κ2) is 8.11. The number of aromatic nitrogens is 1. The van der Waals surface area contributed by atoms with Crippen LogP contribution in [0.15, 0.2) is 41.9 Å². The first-order valence-electron chi connectivity index (χ1n) is 8.32. The number of carbonyl (C=O) groups excluding carboxylic acids is 1. The topological polar surface area (TPSA) is 73.7 Å². The Labute approximate surface area is 150 Å². The molecule has 1 saturated heterocycles. The number of aliphatic carboxylic acids is 1. The molecule has 1 aliphatic rings. The summed E-state index contributed by atoms with van der Waals surface area (Å²) in [7, 11) is 0. The van der Waals surface area contributed by atoms with Crippen LogP contribution in [0, 0.1) is 0 Å². The molecule has 25 heavy (non-hydrogen) atoms. The standard InChI is InChI=1S/C18H21N3O3S/c22-17(12-14(13-18(23)24)15-4-3-11-25-15)21-9-7-20(8-10-21)16-5-1-2-6-19-16/h1-6,11,14H,7-10,12-13H2,(H,23,24). The van der Waals surface area contributed by atoms with Crippen LogP contribution in [0.25, 0.3) is 0 Å². The number of carboxylic acids is 1. The van der Waals surface area contributed by atoms with Crippen LogP contribution < -0.4 is 4.90 Å². The van der Waals surface area contributed by atoms with Gasteiger partial charge in [-0.3, -0.25) is 9.59 Å². The van der Waals surface area contributed by atoms with Crippen LogP contribution in [0.3, 0.4) is 0 Å². The largest absolute Gasteiger partial charge is 0.481 e. The first kappa shape index (κ1) is 17.4. The molecule has 1 N–H and O–H groups in total. The van der Waals surface area contributed by atoms with E-state index in [0.717, 1.165) is 23.8 Å². The second-order valence-corrected chi connectivity index (χ2v) is 7.05. The number of piperazine rings is 1. The van der Waals surface area contributed by atoms with Gasteiger partial charge in [0.05, 0.1) is 6.42 Å². The van der Waals surface area contributed by atoms with Crippen LogP contribution >= 0.6 is 11.3 Å². The molecule has 6 nitrogen and oxygen atoms in total. The molecule has 132 valence electrons. The third-order valence-corrected chi connectivity index (χ3v) is 5.43. The number of carboxylic acid groups (broad SMARTS) is 1. The number of nitrogens with zero attached hydrogens (tertiary/aromatic N) is 3. The molecule has 0 aliphatic carbocycles. The van der Waals surface area contributed by atoms with Gasteiger partial charge in [0.1, 0.15) is 5.82 Å². The molecule has 0 aromatic carbocycles. The zero-order chi connectivity index (χ0) is 17.6. The van der Waals surface area contributed by atoms with E-state index in [1.165, 1.54) is 11.3 Å². The Hall–Kier alpha value is -2.41. The number of pyridine rings is 1. The van der Waals surface area contributed by atoms with E-state index in [-0.39, 0.29) is 24.7 Å². The predicted molar refractivity (Wildman–Crippen MR) is 97.0 cm³/mol. The quantitative estimate of drug-likeness (QED) is 0.857. The van der Waals surface area contributed by atoms with Gasteiger partial charge in [-0.25, -0.2) is 4.98 Å². The van der Waals surface area contributed by atoms with Gasteiger partial charge in [-0.15, -0.1) is 11.3 Å². The zero-order valence-corrected chi connectivity index (χ0v) is 14.7. The molecule has 3 heterocycles. The Morgan fingerprint density at radius 3 is 2.52 bits per heavy atom. The fourth-order valence-corrected chi connectivity index (χ4v) is 3.90. The van der Waals surface area contributed by atoms with Gasteiger partial charge in [0.15, 0.2) is 0 Å². The molecule has 1 amide bonds. The summed E-state index contributed by atoms with van der Waals surface area (Å²) in [5.74, 6) is -0.165. The number of anilines is 1. The molecule has 2 aromatic rings. The van der Waals surface area contributed by atoms with Crippen molar-refractivity contribution in [1.29, 1.82) is 0 Å². The summed E-state index contributed by atoms with van der Waals surface area (Å²) >= 11 is 1.51. The Bertz CT molecular complexity index is 698. The van der Waals surface area contributed by atoms with E-state index in [2.05, 4.69) is 9.88 Å². The molecule has 0 spiro atoms. The van der Waals surface area contributed by atoms with Crippen LogP contribution in [0.1, 0.15) is 23.6 Å². The molecule has 0 radical (unpaired) electrons. The van der Waals surface area contributed by atoms with Crippen LogP contribution in [0.5, 0.6) is 0 Å². The molecule has 1 aliphatic heterocycles. The first-order chi connectivity index (χ1) is 12.1. The van der Waals surface area contributed by atoms with Crippen molar-refractivity contribution in [3.63, 3.8) is 0 Å². The molecule has 1 atom stereocenters. The highest BCUT2D eigenvalue weighted by atomic mass is 32.1. The maximum Gasteiger partial charge on any atom is 0.304 e. The van der Waals surface area contributed by atoms with E-state index in [0.29, 0.717) is 13.1 Å². The lowest BCUT2D eigenvalue weighted by Crippen LogP contribution is -2.49. The summed E-state index contributed by atoms with van der Waals surface area (Å²) in [6.45, 7) is 2.76. The Morgan fingerprint density at radius 1 is 1.12 bits per heavy atom. The first-order valence-corrected chi connectivity index (χ1v) is 9.20. The van der Waals surface area contributed by atoms with Crippen molar-refractivity contribution in [2.75, 3.05) is 31.1 Å². The van der Waals surface area contributed by atoms with E-state index < -0.39 is 5.97 Å². The minimum atomic E-state index is -0.869. The molecule has 2 aromatic heterocycles. The fourth-order valence-electron chi connectivity index (χ4n) is 3.07. The van der Waals surface area contributed by atoms with Gasteiger partial charge in [0.2, 0.25) is 5.91 Å². The minimum absolute atomic E-state index is 0.0137. The van der Waals surface area contributed by atoms with Gasteiger partial charge < -0.3 is 14.9 Å². The molecule has 0 bridgehead atoms. The summed E-state index contributed by atoms with van der Waals surface area (Å²) in [5.41, 5.74) is 0. The predicted octanol–water partition coefficient (Wildman–Crippen LogP) is 2.44. The maximum absolute atomic E-state index is 12.6. The third-order valence-electron chi connectivity index (χ3n) is 4.39. The molecule has 1 unspecified atom stereocenters. The lowest BCUT2D eigenvalue weighted by molar-refractivity contribution is -0.138. The van der Waals surface area contributed by atoms with Gasteiger partial charge >= 0.3 is 5.97 Å². The smallest absolute Gasteiger partial charge is 0.304 e. The third kappa shape index (κ3) is 4.57. The normalized spacial score (nSPS) is 15.8. The highest BCUT2D eigenvalue weighted by Crippen LogP contribution is 2.28. The lowest BCUT2D eigenvalue weighted by atomic mass is 9.98. The van der Waals surface area contributed by atoms with Gasteiger partial charge in [0, 0.05) is 49.6 Å². The van der Waals surface area contributed by atoms with Crippen molar-refractivity contribution in [3.8, 4) is 0 Å². The van der Waals surface area contributed by atoms with Crippen LogP contribution in [0.4, 0.5) is 5.82 Å². The van der Waals surface area contributed by atoms with Gasteiger partial charge in [0.25, 0.3) is 0 Å². The number of amides is 1. The lowest BCUT2D eigenvalue weighted by Gasteiger charge is -2.36. The molecule has 1 fully saturated rings. The van der Waals surface area contributed by atoms with Gasteiger partial charge in [-0.1, -0.05) is 12.1 Å². The Morgan fingerprint density at radius 2 is 1.92 bits per heavy atom. The SMILES string of the molecule is O=C(O)CC(CC(=O)N1CCN(c2ccccn2)CC1)c1cccs1. The van der Waals surface area contributed by atoms with Gasteiger partial charge in [-0.2, -0.15) is 0 Å². The van der Waals surface area contributed by atoms with Crippen LogP contribution in [0.2, 0.25) is 0 Å².